The maximum Gasteiger partial charge on any atom is 0.343 e. The van der Waals surface area contributed by atoms with Crippen molar-refractivity contribution in [2.75, 3.05) is 13.2 Å². The Labute approximate surface area is 206 Å². The molecule has 0 radical (unpaired) electrons. The minimum Gasteiger partial charge on any atom is -0.494 e. The maximum atomic E-state index is 12.6. The lowest BCUT2D eigenvalue weighted by atomic mass is 10.2. The predicted molar refractivity (Wildman–Crippen MR) is 134 cm³/mol. The molecule has 0 saturated heterocycles. The van der Waals surface area contributed by atoms with E-state index in [1.165, 1.54) is 6.21 Å². The second-order valence-corrected chi connectivity index (χ2v) is 8.21. The number of hydrogen-bond donors (Lipinski definition) is 1. The number of esters is 1. The first-order chi connectivity index (χ1) is 16.5. The van der Waals surface area contributed by atoms with Gasteiger partial charge in [-0.3, -0.25) is 4.79 Å². The molecule has 0 aliphatic carbocycles. The number of carbonyl (C=O) groups excluding carboxylic acids is 2. The first kappa shape index (κ1) is 25.0. The molecule has 8 heteroatoms. The predicted octanol–water partition coefficient (Wildman–Crippen LogP) is 5.29. The highest BCUT2D eigenvalue weighted by atomic mass is 79.9. The van der Waals surface area contributed by atoms with E-state index in [9.17, 15) is 9.59 Å². The van der Waals surface area contributed by atoms with E-state index < -0.39 is 11.9 Å². The summed E-state index contributed by atoms with van der Waals surface area (Å²) in [5.74, 6) is 0.687. The van der Waals surface area contributed by atoms with Crippen LogP contribution in [-0.2, 0) is 4.79 Å². The van der Waals surface area contributed by atoms with E-state index in [1.807, 2.05) is 32.0 Å². The van der Waals surface area contributed by atoms with Crippen LogP contribution in [-0.4, -0.2) is 31.3 Å². The van der Waals surface area contributed by atoms with E-state index in [4.69, 9.17) is 14.2 Å². The molecule has 1 N–H and O–H groups in total. The number of benzene rings is 3. The second-order valence-electron chi connectivity index (χ2n) is 7.29. The number of ether oxygens (including phenoxy) is 3. The summed E-state index contributed by atoms with van der Waals surface area (Å²) < 4.78 is 17.4. The van der Waals surface area contributed by atoms with Gasteiger partial charge in [-0.05, 0) is 67.4 Å². The van der Waals surface area contributed by atoms with Crippen LogP contribution in [0.5, 0.6) is 17.2 Å². The third-order valence-corrected chi connectivity index (χ3v) is 5.08. The molecule has 0 saturated carbocycles. The molecule has 0 heterocycles. The van der Waals surface area contributed by atoms with Gasteiger partial charge in [-0.25, -0.2) is 10.2 Å². The lowest BCUT2D eigenvalue weighted by Crippen LogP contribution is -2.24. The molecule has 0 aromatic heterocycles. The minimum absolute atomic E-state index is 0.180. The van der Waals surface area contributed by atoms with Gasteiger partial charge in [0.2, 0.25) is 0 Å². The molecule has 0 bridgehead atoms. The first-order valence-electron chi connectivity index (χ1n) is 10.7. The van der Waals surface area contributed by atoms with E-state index in [0.717, 1.165) is 16.5 Å². The molecule has 1 amide bonds. The first-order valence-corrected chi connectivity index (χ1v) is 11.5. The summed E-state index contributed by atoms with van der Waals surface area (Å²) in [4.78, 5) is 24.7. The SMILES string of the molecule is CCCOc1ccc(C(=O)Oc2ccc(Br)cc2/C=N\NC(=O)COc2ccccc2C)cc1. The zero-order valence-corrected chi connectivity index (χ0v) is 20.5. The average molecular weight is 525 g/mol. The molecule has 3 aromatic rings. The number of nitrogens with one attached hydrogen (secondary N) is 1. The minimum atomic E-state index is -0.519. The Morgan fingerprint density at radius 3 is 2.50 bits per heavy atom. The zero-order chi connectivity index (χ0) is 24.3. The van der Waals surface area contributed by atoms with Gasteiger partial charge in [0.1, 0.15) is 17.2 Å². The molecule has 7 nitrogen and oxygen atoms in total. The molecular formula is C26H25BrN2O5. The highest BCUT2D eigenvalue weighted by molar-refractivity contribution is 9.10. The van der Waals surface area contributed by atoms with E-state index in [2.05, 4.69) is 26.5 Å². The molecule has 3 rings (SSSR count). The van der Waals surface area contributed by atoms with Crippen LogP contribution < -0.4 is 19.6 Å². The third-order valence-electron chi connectivity index (χ3n) is 4.58. The van der Waals surface area contributed by atoms with E-state index in [0.29, 0.717) is 35.0 Å². The summed E-state index contributed by atoms with van der Waals surface area (Å²) in [6, 6.07) is 19.3. The summed E-state index contributed by atoms with van der Waals surface area (Å²) >= 11 is 3.39. The lowest BCUT2D eigenvalue weighted by molar-refractivity contribution is -0.123. The van der Waals surface area contributed by atoms with Crippen molar-refractivity contribution in [1.82, 2.24) is 5.43 Å². The van der Waals surface area contributed by atoms with E-state index in [1.54, 1.807) is 48.5 Å². The van der Waals surface area contributed by atoms with E-state index >= 15 is 0 Å². The molecular weight excluding hydrogens is 500 g/mol. The molecule has 0 unspecified atom stereocenters. The Morgan fingerprint density at radius 2 is 1.76 bits per heavy atom. The number of carbonyl (C=O) groups is 2. The van der Waals surface area contributed by atoms with Crippen molar-refractivity contribution in [3.63, 3.8) is 0 Å². The highest BCUT2D eigenvalue weighted by Crippen LogP contribution is 2.23. The van der Waals surface area contributed by atoms with Crippen molar-refractivity contribution in [3.05, 3.63) is 87.9 Å². The van der Waals surface area contributed by atoms with Gasteiger partial charge in [-0.1, -0.05) is 41.1 Å². The lowest BCUT2D eigenvalue weighted by Gasteiger charge is -2.09. The van der Waals surface area contributed by atoms with Crippen LogP contribution in [0.2, 0.25) is 0 Å². The Morgan fingerprint density at radius 1 is 1.00 bits per heavy atom. The number of amides is 1. The van der Waals surface area contributed by atoms with Crippen LogP contribution in [0.3, 0.4) is 0 Å². The fourth-order valence-corrected chi connectivity index (χ4v) is 3.23. The van der Waals surface area contributed by atoms with E-state index in [-0.39, 0.29) is 6.61 Å². The van der Waals surface area contributed by atoms with Crippen LogP contribution in [0.25, 0.3) is 0 Å². The van der Waals surface area contributed by atoms with Gasteiger partial charge in [0.25, 0.3) is 5.91 Å². The normalized spacial score (nSPS) is 10.7. The van der Waals surface area contributed by atoms with Gasteiger partial charge in [0.15, 0.2) is 6.61 Å². The second kappa shape index (κ2) is 12.6. The number of rotatable bonds is 10. The molecule has 0 fully saturated rings. The van der Waals surface area contributed by atoms with Gasteiger partial charge in [0, 0.05) is 10.0 Å². The van der Waals surface area contributed by atoms with Crippen molar-refractivity contribution >= 4 is 34.0 Å². The number of hydrazone groups is 1. The largest absolute Gasteiger partial charge is 0.494 e. The Kier molecular flexibility index (Phi) is 9.22. The summed E-state index contributed by atoms with van der Waals surface area (Å²) in [6.45, 7) is 4.35. The number of nitrogens with zero attached hydrogens (tertiary/aromatic N) is 1. The third kappa shape index (κ3) is 7.45. The summed E-state index contributed by atoms with van der Waals surface area (Å²) in [5, 5.41) is 3.96. The summed E-state index contributed by atoms with van der Waals surface area (Å²) in [5.41, 5.74) is 4.24. The molecule has 176 valence electrons. The quantitative estimate of drug-likeness (QED) is 0.168. The standard InChI is InChI=1S/C26H25BrN2O5/c1-3-14-32-22-11-8-19(9-12-22)26(31)34-24-13-10-21(27)15-20(24)16-28-29-25(30)17-33-23-7-5-4-6-18(23)2/h4-13,15-16H,3,14,17H2,1-2H3,(H,29,30)/b28-16-. The van der Waals surface area contributed by atoms with Crippen molar-refractivity contribution < 1.29 is 23.8 Å². The summed E-state index contributed by atoms with van der Waals surface area (Å²) in [7, 11) is 0. The van der Waals surface area contributed by atoms with Crippen LogP contribution in [0.1, 0.15) is 34.8 Å². The maximum absolute atomic E-state index is 12.6. The monoisotopic (exact) mass is 524 g/mol. The molecule has 34 heavy (non-hydrogen) atoms. The smallest absolute Gasteiger partial charge is 0.343 e. The van der Waals surface area contributed by atoms with Gasteiger partial charge in [0.05, 0.1) is 18.4 Å². The molecule has 0 aliphatic heterocycles. The molecule has 0 atom stereocenters. The molecule has 0 aliphatic rings. The van der Waals surface area contributed by atoms with Gasteiger partial charge in [-0.2, -0.15) is 5.10 Å². The number of aryl methyl sites for hydroxylation is 1. The van der Waals surface area contributed by atoms with Gasteiger partial charge >= 0.3 is 5.97 Å². The fourth-order valence-electron chi connectivity index (χ4n) is 2.85. The van der Waals surface area contributed by atoms with Crippen LogP contribution in [0.15, 0.2) is 76.3 Å². The fraction of sp³-hybridized carbons (Fsp3) is 0.192. The average Bonchev–Trinajstić information content (AvgIpc) is 2.84. The number of para-hydroxylation sites is 1. The Hall–Kier alpha value is -3.65. The number of hydrogen-bond acceptors (Lipinski definition) is 6. The Bertz CT molecular complexity index is 1160. The Balaban J connectivity index is 1.60. The van der Waals surface area contributed by atoms with Crippen LogP contribution >= 0.6 is 15.9 Å². The molecule has 3 aromatic carbocycles. The van der Waals surface area contributed by atoms with Gasteiger partial charge in [-0.15, -0.1) is 0 Å². The van der Waals surface area contributed by atoms with Crippen molar-refractivity contribution in [2.24, 2.45) is 5.10 Å². The topological polar surface area (TPSA) is 86.2 Å². The summed E-state index contributed by atoms with van der Waals surface area (Å²) in [6.07, 6.45) is 2.30. The van der Waals surface area contributed by atoms with Crippen LogP contribution in [0, 0.1) is 6.92 Å². The van der Waals surface area contributed by atoms with Crippen molar-refractivity contribution in [2.45, 2.75) is 20.3 Å². The highest BCUT2D eigenvalue weighted by Gasteiger charge is 2.12. The zero-order valence-electron chi connectivity index (χ0n) is 18.9. The van der Waals surface area contributed by atoms with Gasteiger partial charge < -0.3 is 14.2 Å². The molecule has 0 spiro atoms. The number of halogens is 1. The van der Waals surface area contributed by atoms with Crippen LogP contribution in [0.4, 0.5) is 0 Å². The van der Waals surface area contributed by atoms with Crippen molar-refractivity contribution in [1.29, 1.82) is 0 Å². The van der Waals surface area contributed by atoms with Crippen molar-refractivity contribution in [3.8, 4) is 17.2 Å².